The summed E-state index contributed by atoms with van der Waals surface area (Å²) in [5.74, 6) is -0.455. The number of aromatic nitrogens is 1. The molecule has 3 nitrogen and oxygen atoms in total. The number of aryl methyl sites for hydroxylation is 2. The van der Waals surface area contributed by atoms with Crippen molar-refractivity contribution in [3.8, 4) is 0 Å². The summed E-state index contributed by atoms with van der Waals surface area (Å²) >= 11 is 0. The monoisotopic (exact) mass is 285 g/mol. The Labute approximate surface area is 113 Å². The fraction of sp³-hybridized carbons (Fsp3) is 0.357. The van der Waals surface area contributed by atoms with Gasteiger partial charge in [0.1, 0.15) is 13.2 Å². The van der Waals surface area contributed by atoms with Crippen molar-refractivity contribution in [3.05, 3.63) is 35.5 Å². The van der Waals surface area contributed by atoms with Gasteiger partial charge in [0.2, 0.25) is 0 Å². The van der Waals surface area contributed by atoms with Crippen LogP contribution in [0.3, 0.4) is 0 Å². The quantitative estimate of drug-likeness (QED) is 0.807. The smallest absolute Gasteiger partial charge is 0.364 e. The predicted octanol–water partition coefficient (Wildman–Crippen LogP) is 3.25. The molecule has 1 aromatic heterocycles. The number of benzene rings is 1. The van der Waals surface area contributed by atoms with E-state index in [1.807, 2.05) is 19.1 Å². The van der Waals surface area contributed by atoms with Gasteiger partial charge >= 0.3 is 6.18 Å². The summed E-state index contributed by atoms with van der Waals surface area (Å²) in [6.45, 7) is -0.0600. The Hall–Kier alpha value is -1.82. The number of nitrogens with zero attached hydrogens (tertiary/aromatic N) is 1. The molecule has 20 heavy (non-hydrogen) atoms. The lowest BCUT2D eigenvalue weighted by Crippen LogP contribution is -2.20. The van der Waals surface area contributed by atoms with Gasteiger partial charge in [-0.15, -0.1) is 0 Å². The van der Waals surface area contributed by atoms with Crippen molar-refractivity contribution < 1.29 is 22.7 Å². The molecule has 0 amide bonds. The number of hydrogen-bond acceptors (Lipinski definition) is 2. The molecule has 0 saturated carbocycles. The molecule has 0 atom stereocenters. The summed E-state index contributed by atoms with van der Waals surface area (Å²) in [5.41, 5.74) is 2.29. The molecule has 0 radical (unpaired) electrons. The molecule has 0 saturated heterocycles. The first-order valence-electron chi connectivity index (χ1n) is 6.01. The molecule has 0 N–H and O–H groups in total. The van der Waals surface area contributed by atoms with Crippen molar-refractivity contribution >= 4 is 16.7 Å². The second-order valence-electron chi connectivity index (χ2n) is 4.71. The maximum atomic E-state index is 12.0. The van der Waals surface area contributed by atoms with Gasteiger partial charge in [0.15, 0.2) is 5.78 Å². The van der Waals surface area contributed by atoms with Crippen molar-refractivity contribution in [2.45, 2.75) is 13.1 Å². The third kappa shape index (κ3) is 3.19. The minimum atomic E-state index is -4.42. The van der Waals surface area contributed by atoms with Crippen LogP contribution in [-0.4, -0.2) is 29.7 Å². The topological polar surface area (TPSA) is 31.2 Å². The highest BCUT2D eigenvalue weighted by molar-refractivity contribution is 6.08. The lowest BCUT2D eigenvalue weighted by molar-refractivity contribution is -0.170. The molecule has 0 aliphatic rings. The molecule has 2 aromatic rings. The number of carbonyl (C=O) groups is 1. The summed E-state index contributed by atoms with van der Waals surface area (Å²) < 4.78 is 42.1. The second-order valence-corrected chi connectivity index (χ2v) is 4.71. The Kier molecular flexibility index (Phi) is 3.85. The molecule has 0 fully saturated rings. The molecular formula is C14H14F3NO2. The van der Waals surface area contributed by atoms with Crippen molar-refractivity contribution in [2.24, 2.45) is 7.05 Å². The average molecular weight is 285 g/mol. The van der Waals surface area contributed by atoms with Crippen LogP contribution < -0.4 is 0 Å². The van der Waals surface area contributed by atoms with Crippen molar-refractivity contribution in [1.29, 1.82) is 0 Å². The van der Waals surface area contributed by atoms with E-state index in [9.17, 15) is 18.0 Å². The summed E-state index contributed by atoms with van der Waals surface area (Å²) in [5, 5.41) is 0.721. The maximum absolute atomic E-state index is 12.0. The van der Waals surface area contributed by atoms with Crippen LogP contribution in [0, 0.1) is 6.92 Å². The minimum Gasteiger partial charge on any atom is -0.364 e. The Balaban J connectivity index is 2.19. The molecule has 2 rings (SSSR count). The van der Waals surface area contributed by atoms with Gasteiger partial charge in [-0.2, -0.15) is 13.2 Å². The molecule has 1 heterocycles. The standard InChI is InChI=1S/C14H14F3NO2/c1-9-3-4-10-11(6-18(2)12(10)5-9)13(19)7-20-8-14(15,16)17/h3-6H,7-8H2,1-2H3. The van der Waals surface area contributed by atoms with E-state index in [0.29, 0.717) is 5.56 Å². The number of fused-ring (bicyclic) bond motifs is 1. The zero-order chi connectivity index (χ0) is 14.9. The van der Waals surface area contributed by atoms with E-state index >= 15 is 0 Å². The van der Waals surface area contributed by atoms with Gasteiger partial charge < -0.3 is 9.30 Å². The molecule has 0 aliphatic heterocycles. The van der Waals surface area contributed by atoms with Crippen LogP contribution in [-0.2, 0) is 11.8 Å². The zero-order valence-corrected chi connectivity index (χ0v) is 11.1. The number of rotatable bonds is 4. The van der Waals surface area contributed by atoms with E-state index in [4.69, 9.17) is 0 Å². The molecule has 1 aromatic carbocycles. The Morgan fingerprint density at radius 2 is 2.05 bits per heavy atom. The van der Waals surface area contributed by atoms with Gasteiger partial charge in [0, 0.05) is 29.7 Å². The molecule has 6 heteroatoms. The Morgan fingerprint density at radius 1 is 1.35 bits per heavy atom. The van der Waals surface area contributed by atoms with Gasteiger partial charge in [0.25, 0.3) is 0 Å². The number of ether oxygens (including phenoxy) is 1. The summed E-state index contributed by atoms with van der Waals surface area (Å²) in [6.07, 6.45) is -2.81. The van der Waals surface area contributed by atoms with Crippen molar-refractivity contribution in [1.82, 2.24) is 4.57 Å². The summed E-state index contributed by atoms with van der Waals surface area (Å²) in [4.78, 5) is 11.9. The van der Waals surface area contributed by atoms with Crippen molar-refractivity contribution in [2.75, 3.05) is 13.2 Å². The number of Topliss-reactive ketones (excluding diaryl/α,β-unsaturated/α-hetero) is 1. The minimum absolute atomic E-state index is 0.379. The van der Waals surface area contributed by atoms with Crippen LogP contribution >= 0.6 is 0 Å². The predicted molar refractivity (Wildman–Crippen MR) is 68.9 cm³/mol. The third-order valence-corrected chi connectivity index (χ3v) is 2.95. The molecule has 0 aliphatic carbocycles. The number of ketones is 1. The van der Waals surface area contributed by atoms with Gasteiger partial charge in [-0.3, -0.25) is 4.79 Å². The van der Waals surface area contributed by atoms with Gasteiger partial charge in [-0.05, 0) is 18.6 Å². The zero-order valence-electron chi connectivity index (χ0n) is 11.1. The van der Waals surface area contributed by atoms with Crippen LogP contribution in [0.25, 0.3) is 10.9 Å². The van der Waals surface area contributed by atoms with E-state index < -0.39 is 25.2 Å². The highest BCUT2D eigenvalue weighted by Crippen LogP contribution is 2.22. The van der Waals surface area contributed by atoms with E-state index in [2.05, 4.69) is 4.74 Å². The fourth-order valence-corrected chi connectivity index (χ4v) is 2.05. The molecule has 108 valence electrons. The maximum Gasteiger partial charge on any atom is 0.411 e. The highest BCUT2D eigenvalue weighted by Gasteiger charge is 2.28. The van der Waals surface area contributed by atoms with Crippen LogP contribution in [0.15, 0.2) is 24.4 Å². The number of carbonyl (C=O) groups excluding carboxylic acids is 1. The normalized spacial score (nSPS) is 12.1. The number of hydrogen-bond donors (Lipinski definition) is 0. The van der Waals surface area contributed by atoms with Crippen LogP contribution in [0.1, 0.15) is 15.9 Å². The first-order valence-corrected chi connectivity index (χ1v) is 6.01. The largest absolute Gasteiger partial charge is 0.411 e. The SMILES string of the molecule is Cc1ccc2c(C(=O)COCC(F)(F)F)cn(C)c2c1. The number of halogens is 3. The second kappa shape index (κ2) is 5.28. The van der Waals surface area contributed by atoms with Crippen LogP contribution in [0.2, 0.25) is 0 Å². The van der Waals surface area contributed by atoms with Gasteiger partial charge in [-0.25, -0.2) is 0 Å². The lowest BCUT2D eigenvalue weighted by atomic mass is 10.1. The molecule has 0 unspecified atom stereocenters. The Morgan fingerprint density at radius 3 is 2.70 bits per heavy atom. The van der Waals surface area contributed by atoms with Crippen LogP contribution in [0.5, 0.6) is 0 Å². The van der Waals surface area contributed by atoms with E-state index in [-0.39, 0.29) is 0 Å². The van der Waals surface area contributed by atoms with Crippen molar-refractivity contribution in [3.63, 3.8) is 0 Å². The highest BCUT2D eigenvalue weighted by atomic mass is 19.4. The fourth-order valence-electron chi connectivity index (χ4n) is 2.05. The van der Waals surface area contributed by atoms with Gasteiger partial charge in [-0.1, -0.05) is 12.1 Å². The van der Waals surface area contributed by atoms with E-state index in [0.717, 1.165) is 16.5 Å². The van der Waals surface area contributed by atoms with E-state index in [1.165, 1.54) is 0 Å². The molecular weight excluding hydrogens is 271 g/mol. The molecule has 0 spiro atoms. The first-order chi connectivity index (χ1) is 9.28. The van der Waals surface area contributed by atoms with Crippen LogP contribution in [0.4, 0.5) is 13.2 Å². The third-order valence-electron chi connectivity index (χ3n) is 2.95. The Bertz CT molecular complexity index is 644. The summed E-state index contributed by atoms with van der Waals surface area (Å²) in [6, 6.07) is 5.57. The average Bonchev–Trinajstić information content (AvgIpc) is 2.65. The first kappa shape index (κ1) is 14.6. The lowest BCUT2D eigenvalue weighted by Gasteiger charge is -2.06. The number of alkyl halides is 3. The summed E-state index contributed by atoms with van der Waals surface area (Å²) in [7, 11) is 1.79. The molecule has 0 bridgehead atoms. The van der Waals surface area contributed by atoms with E-state index in [1.54, 1.807) is 23.9 Å². The van der Waals surface area contributed by atoms with Gasteiger partial charge in [0.05, 0.1) is 0 Å².